The van der Waals surface area contributed by atoms with Crippen LogP contribution in [0.25, 0.3) is 22.2 Å². The molecule has 1 aliphatic carbocycles. The van der Waals surface area contributed by atoms with Gasteiger partial charge in [-0.3, -0.25) is 0 Å². The third-order valence-electron chi connectivity index (χ3n) is 7.86. The first-order valence-electron chi connectivity index (χ1n) is 13.0. The van der Waals surface area contributed by atoms with E-state index in [1.54, 1.807) is 6.33 Å². The van der Waals surface area contributed by atoms with E-state index in [0.717, 1.165) is 86.3 Å². The van der Waals surface area contributed by atoms with Gasteiger partial charge in [-0.15, -0.1) is 0 Å². The highest BCUT2D eigenvalue weighted by Crippen LogP contribution is 2.43. The zero-order valence-corrected chi connectivity index (χ0v) is 20.2. The van der Waals surface area contributed by atoms with Crippen molar-refractivity contribution in [2.24, 2.45) is 5.92 Å². The van der Waals surface area contributed by atoms with Crippen LogP contribution in [-0.2, 0) is 4.74 Å². The molecule has 1 saturated carbocycles. The number of nitrogens with zero attached hydrogens (tertiary/aromatic N) is 4. The lowest BCUT2D eigenvalue weighted by Crippen LogP contribution is -2.36. The number of nitrogen functional groups attached to an aromatic ring is 1. The van der Waals surface area contributed by atoms with Crippen LogP contribution in [0.3, 0.4) is 0 Å². The number of hydrogen-bond donors (Lipinski definition) is 2. The quantitative estimate of drug-likeness (QED) is 0.536. The summed E-state index contributed by atoms with van der Waals surface area (Å²) in [7, 11) is 0. The highest BCUT2D eigenvalue weighted by atomic mass is 16.5. The number of ether oxygens (including phenoxy) is 2. The summed E-state index contributed by atoms with van der Waals surface area (Å²) in [6.45, 7) is 4.30. The Labute approximate surface area is 206 Å². The van der Waals surface area contributed by atoms with Gasteiger partial charge in [-0.25, -0.2) is 9.97 Å². The van der Waals surface area contributed by atoms with Gasteiger partial charge >= 0.3 is 0 Å². The van der Waals surface area contributed by atoms with Crippen LogP contribution < -0.4 is 10.5 Å². The summed E-state index contributed by atoms with van der Waals surface area (Å²) in [4.78, 5) is 11.3. The molecule has 1 aromatic carbocycles. The Morgan fingerprint density at radius 2 is 2.09 bits per heavy atom. The predicted molar refractivity (Wildman–Crippen MR) is 135 cm³/mol. The molecule has 2 atom stereocenters. The highest BCUT2D eigenvalue weighted by Gasteiger charge is 2.35. The minimum Gasteiger partial charge on any atom is -0.491 e. The van der Waals surface area contributed by atoms with Crippen molar-refractivity contribution in [3.05, 3.63) is 36.8 Å². The Morgan fingerprint density at radius 1 is 1.17 bits per heavy atom. The number of rotatable bonds is 7. The number of aliphatic hydroxyl groups is 1. The molecule has 0 bridgehead atoms. The Kier molecular flexibility index (Phi) is 6.35. The van der Waals surface area contributed by atoms with Gasteiger partial charge in [0, 0.05) is 44.0 Å². The third-order valence-corrected chi connectivity index (χ3v) is 7.86. The molecular weight excluding hydrogens is 442 g/mol. The Morgan fingerprint density at radius 3 is 2.89 bits per heavy atom. The lowest BCUT2D eigenvalue weighted by molar-refractivity contribution is -0.0110. The second-order valence-corrected chi connectivity index (χ2v) is 10.4. The van der Waals surface area contributed by atoms with E-state index in [4.69, 9.17) is 15.2 Å². The van der Waals surface area contributed by atoms with Gasteiger partial charge in [-0.1, -0.05) is 12.1 Å². The molecule has 4 heterocycles. The first-order valence-corrected chi connectivity index (χ1v) is 13.0. The number of hydrogen-bond acceptors (Lipinski definition) is 7. The number of aliphatic hydroxyl groups excluding tert-OH is 1. The lowest BCUT2D eigenvalue weighted by atomic mass is 9.79. The minimum absolute atomic E-state index is 0.156. The van der Waals surface area contributed by atoms with E-state index in [0.29, 0.717) is 24.4 Å². The van der Waals surface area contributed by atoms with Crippen LogP contribution in [0.1, 0.15) is 44.6 Å². The topological polar surface area (TPSA) is 98.7 Å². The van der Waals surface area contributed by atoms with Crippen LogP contribution in [0.4, 0.5) is 5.82 Å². The van der Waals surface area contributed by atoms with Gasteiger partial charge in [-0.2, -0.15) is 0 Å². The normalized spacial score (nSPS) is 27.2. The van der Waals surface area contributed by atoms with E-state index >= 15 is 0 Å². The fourth-order valence-electron chi connectivity index (χ4n) is 5.91. The van der Waals surface area contributed by atoms with Gasteiger partial charge in [0.25, 0.3) is 0 Å². The first kappa shape index (κ1) is 22.8. The van der Waals surface area contributed by atoms with Gasteiger partial charge in [-0.05, 0) is 62.1 Å². The molecule has 3 N–H and O–H groups in total. The molecule has 2 aromatic heterocycles. The third kappa shape index (κ3) is 4.75. The first-order chi connectivity index (χ1) is 17.1. The van der Waals surface area contributed by atoms with Crippen molar-refractivity contribution >= 4 is 16.9 Å². The number of fused-ring (bicyclic) bond motifs is 1. The molecule has 0 amide bonds. The molecule has 3 aliphatic rings. The SMILES string of the molecule is Nc1ncnc2c1c(-c1cccc(OCC3CCCCO3)c1)cn2C1CC(CN2CC[C@H](O)C2)C1. The zero-order chi connectivity index (χ0) is 23.8. The molecule has 0 spiro atoms. The maximum Gasteiger partial charge on any atom is 0.146 e. The molecule has 186 valence electrons. The molecule has 1 unspecified atom stereocenters. The molecule has 8 heteroatoms. The number of β-amino-alcohol motifs (C(OH)–C–C–N with tert-alkyl or cyclic N) is 1. The van der Waals surface area contributed by atoms with Gasteiger partial charge < -0.3 is 29.8 Å². The van der Waals surface area contributed by atoms with Gasteiger partial charge in [0.2, 0.25) is 0 Å². The van der Waals surface area contributed by atoms with E-state index in [-0.39, 0.29) is 12.2 Å². The van der Waals surface area contributed by atoms with Crippen LogP contribution in [0.5, 0.6) is 5.75 Å². The average Bonchev–Trinajstić information content (AvgIpc) is 3.45. The number of likely N-dealkylation sites (tertiary alicyclic amines) is 1. The lowest BCUT2D eigenvalue weighted by Gasteiger charge is -2.38. The Balaban J connectivity index is 1.21. The van der Waals surface area contributed by atoms with E-state index in [1.165, 1.54) is 6.42 Å². The summed E-state index contributed by atoms with van der Waals surface area (Å²) in [5.74, 6) is 2.00. The van der Waals surface area contributed by atoms with Crippen LogP contribution in [0, 0.1) is 5.92 Å². The fraction of sp³-hybridized carbons (Fsp3) is 0.556. The number of anilines is 1. The second kappa shape index (κ2) is 9.76. The summed E-state index contributed by atoms with van der Waals surface area (Å²) in [6, 6.07) is 8.60. The molecular formula is C27H35N5O3. The smallest absolute Gasteiger partial charge is 0.146 e. The summed E-state index contributed by atoms with van der Waals surface area (Å²) in [5, 5.41) is 10.7. The van der Waals surface area contributed by atoms with Crippen LogP contribution in [-0.4, -0.2) is 69.6 Å². The molecule has 2 saturated heterocycles. The van der Waals surface area contributed by atoms with Crippen molar-refractivity contribution < 1.29 is 14.6 Å². The maximum absolute atomic E-state index is 9.82. The van der Waals surface area contributed by atoms with Crippen molar-refractivity contribution in [3.63, 3.8) is 0 Å². The Hall–Kier alpha value is -2.68. The van der Waals surface area contributed by atoms with Crippen molar-refractivity contribution in [2.45, 2.75) is 56.8 Å². The second-order valence-electron chi connectivity index (χ2n) is 10.4. The van der Waals surface area contributed by atoms with E-state index in [2.05, 4.69) is 37.8 Å². The fourth-order valence-corrected chi connectivity index (χ4v) is 5.91. The van der Waals surface area contributed by atoms with Gasteiger partial charge in [0.1, 0.15) is 30.1 Å². The molecule has 3 aromatic rings. The highest BCUT2D eigenvalue weighted by molar-refractivity contribution is 6.00. The van der Waals surface area contributed by atoms with Crippen LogP contribution in [0.15, 0.2) is 36.8 Å². The van der Waals surface area contributed by atoms with E-state index in [9.17, 15) is 5.11 Å². The summed E-state index contributed by atoms with van der Waals surface area (Å²) in [6.07, 6.45) is 10.3. The van der Waals surface area contributed by atoms with E-state index in [1.807, 2.05) is 12.1 Å². The van der Waals surface area contributed by atoms with Gasteiger partial charge in [0.15, 0.2) is 0 Å². The molecule has 2 aliphatic heterocycles. The van der Waals surface area contributed by atoms with Crippen molar-refractivity contribution in [1.82, 2.24) is 19.4 Å². The monoisotopic (exact) mass is 477 g/mol. The standard InChI is InChI=1S/C27H35N5O3/c28-26-25-24(19-4-3-6-22(12-19)35-16-23-5-1-2-9-34-23)15-32(27(25)30-17-29-26)20-10-18(11-20)13-31-8-7-21(33)14-31/h3-4,6,12,15,17-18,20-21,23,33H,1-2,5,7-11,13-14,16H2,(H2,28,29,30)/t18?,20?,21-,23?/m0/s1. The molecule has 3 fully saturated rings. The summed E-state index contributed by atoms with van der Waals surface area (Å²) < 4.78 is 14.2. The van der Waals surface area contributed by atoms with E-state index < -0.39 is 0 Å². The minimum atomic E-state index is -0.156. The molecule has 35 heavy (non-hydrogen) atoms. The number of nitrogens with two attached hydrogens (primary N) is 1. The van der Waals surface area contributed by atoms with Crippen molar-refractivity contribution in [1.29, 1.82) is 0 Å². The van der Waals surface area contributed by atoms with Crippen LogP contribution >= 0.6 is 0 Å². The van der Waals surface area contributed by atoms with Crippen molar-refractivity contribution in [2.75, 3.05) is 38.6 Å². The molecule has 6 rings (SSSR count). The summed E-state index contributed by atoms with van der Waals surface area (Å²) >= 11 is 0. The number of aromatic nitrogens is 3. The largest absolute Gasteiger partial charge is 0.491 e. The zero-order valence-electron chi connectivity index (χ0n) is 20.2. The van der Waals surface area contributed by atoms with Crippen LogP contribution in [0.2, 0.25) is 0 Å². The molecule has 0 radical (unpaired) electrons. The average molecular weight is 478 g/mol. The predicted octanol–water partition coefficient (Wildman–Crippen LogP) is 3.65. The molecule has 8 nitrogen and oxygen atoms in total. The van der Waals surface area contributed by atoms with Crippen molar-refractivity contribution in [3.8, 4) is 16.9 Å². The number of benzene rings is 1. The van der Waals surface area contributed by atoms with Gasteiger partial charge in [0.05, 0.1) is 17.6 Å². The summed E-state index contributed by atoms with van der Waals surface area (Å²) in [5.41, 5.74) is 9.37. The maximum atomic E-state index is 9.82. The Bertz CT molecular complexity index is 1170.